The maximum Gasteiger partial charge on any atom is 0.264 e. The zero-order valence-corrected chi connectivity index (χ0v) is 20.7. The average Bonchev–Trinajstić information content (AvgIpc) is 3.31. The van der Waals surface area contributed by atoms with Crippen molar-refractivity contribution in [3.63, 3.8) is 0 Å². The molecule has 0 spiro atoms. The quantitative estimate of drug-likeness (QED) is 0.274. The Balaban J connectivity index is 1.83. The number of rotatable bonds is 10. The molecule has 3 nitrogen and oxygen atoms in total. The van der Waals surface area contributed by atoms with E-state index in [1.807, 2.05) is 6.07 Å². The van der Waals surface area contributed by atoms with Gasteiger partial charge in [-0.15, -0.1) is 0 Å². The highest BCUT2D eigenvalue weighted by Gasteiger charge is 2.58. The lowest BCUT2D eigenvalue weighted by Gasteiger charge is -2.37. The van der Waals surface area contributed by atoms with Gasteiger partial charge in [-0.1, -0.05) is 99.0 Å². The Kier molecular flexibility index (Phi) is 7.25. The van der Waals surface area contributed by atoms with Crippen LogP contribution in [0, 0.1) is 11.3 Å². The first-order chi connectivity index (χ1) is 15.9. The summed E-state index contributed by atoms with van der Waals surface area (Å²) < 4.78 is 30.0. The summed E-state index contributed by atoms with van der Waals surface area (Å²) in [6.07, 6.45) is 9.22. The van der Waals surface area contributed by atoms with Crippen LogP contribution in [0.1, 0.15) is 69.4 Å². The second-order valence-electron chi connectivity index (χ2n) is 9.66. The van der Waals surface area contributed by atoms with Gasteiger partial charge in [0.1, 0.15) is 0 Å². The van der Waals surface area contributed by atoms with Crippen molar-refractivity contribution in [2.75, 3.05) is 6.26 Å². The molecule has 2 aliphatic rings. The number of hydrogen-bond donors (Lipinski definition) is 0. The summed E-state index contributed by atoms with van der Waals surface area (Å²) in [4.78, 5) is 0. The van der Waals surface area contributed by atoms with E-state index in [4.69, 9.17) is 4.18 Å². The maximum atomic E-state index is 12.1. The molecular weight excluding hydrogens is 428 g/mol. The minimum absolute atomic E-state index is 0.0799. The first-order valence-electron chi connectivity index (χ1n) is 12.3. The lowest BCUT2D eigenvalue weighted by Crippen LogP contribution is -2.31. The smallest absolute Gasteiger partial charge is 0.264 e. The molecule has 0 aromatic heterocycles. The summed E-state index contributed by atoms with van der Waals surface area (Å²) in [5, 5.41) is 0. The van der Waals surface area contributed by atoms with Crippen molar-refractivity contribution in [2.24, 2.45) is 11.3 Å². The summed E-state index contributed by atoms with van der Waals surface area (Å²) >= 11 is 0. The average molecular weight is 465 g/mol. The molecule has 1 fully saturated rings. The van der Waals surface area contributed by atoms with Gasteiger partial charge in [0.2, 0.25) is 0 Å². The summed E-state index contributed by atoms with van der Waals surface area (Å²) in [6.45, 7) is 6.89. The monoisotopic (exact) mass is 464 g/mol. The van der Waals surface area contributed by atoms with E-state index in [9.17, 15) is 8.42 Å². The van der Waals surface area contributed by atoms with Crippen molar-refractivity contribution in [3.8, 4) is 0 Å². The molecule has 3 atom stereocenters. The van der Waals surface area contributed by atoms with Crippen LogP contribution in [0.15, 0.2) is 72.8 Å². The number of benzene rings is 2. The molecule has 176 valence electrons. The van der Waals surface area contributed by atoms with Crippen LogP contribution in [0.25, 0.3) is 11.1 Å². The van der Waals surface area contributed by atoms with E-state index < -0.39 is 10.1 Å². The fourth-order valence-corrected chi connectivity index (χ4v) is 6.87. The van der Waals surface area contributed by atoms with Crippen molar-refractivity contribution in [1.82, 2.24) is 0 Å². The summed E-state index contributed by atoms with van der Waals surface area (Å²) in [7, 11) is -3.54. The lowest BCUT2D eigenvalue weighted by atomic mass is 9.66. The first-order valence-corrected chi connectivity index (χ1v) is 14.1. The fraction of sp³-hybridized carbons (Fsp3) is 0.448. The molecule has 0 heterocycles. The highest BCUT2D eigenvalue weighted by Crippen LogP contribution is 2.66. The topological polar surface area (TPSA) is 43.4 Å². The van der Waals surface area contributed by atoms with Crippen LogP contribution in [0.4, 0.5) is 0 Å². The van der Waals surface area contributed by atoms with E-state index in [1.165, 1.54) is 42.2 Å². The number of allylic oxidation sites excluding steroid dienone is 3. The second-order valence-corrected chi connectivity index (χ2v) is 11.3. The zero-order valence-electron chi connectivity index (χ0n) is 19.9. The summed E-state index contributed by atoms with van der Waals surface area (Å²) in [6, 6.07) is 21.0. The number of fused-ring (bicyclic) bond motifs is 1. The normalized spacial score (nSPS) is 24.8. The van der Waals surface area contributed by atoms with Gasteiger partial charge in [-0.25, -0.2) is 0 Å². The molecule has 4 heteroatoms. The minimum atomic E-state index is -3.54. The molecule has 1 saturated carbocycles. The molecule has 0 N–H and O–H groups in total. The largest absolute Gasteiger partial charge is 0.267 e. The summed E-state index contributed by atoms with van der Waals surface area (Å²) in [5.41, 5.74) is 5.98. The molecule has 1 unspecified atom stereocenters. The Morgan fingerprint density at radius 1 is 1.03 bits per heavy atom. The van der Waals surface area contributed by atoms with Crippen LogP contribution in [-0.2, 0) is 14.3 Å². The van der Waals surface area contributed by atoms with Crippen LogP contribution < -0.4 is 0 Å². The number of hydrogen-bond acceptors (Lipinski definition) is 3. The highest BCUT2D eigenvalue weighted by molar-refractivity contribution is 7.86. The Morgan fingerprint density at radius 2 is 1.70 bits per heavy atom. The Morgan fingerprint density at radius 3 is 2.33 bits per heavy atom. The van der Waals surface area contributed by atoms with Crippen molar-refractivity contribution < 1.29 is 12.6 Å². The zero-order chi connectivity index (χ0) is 23.5. The van der Waals surface area contributed by atoms with Gasteiger partial charge in [-0.05, 0) is 54.4 Å². The Labute approximate surface area is 199 Å². The third kappa shape index (κ3) is 4.88. The van der Waals surface area contributed by atoms with Gasteiger partial charge in [0.25, 0.3) is 10.1 Å². The molecule has 2 aromatic carbocycles. The Hall–Kier alpha value is -2.17. The molecule has 2 aliphatic carbocycles. The maximum absolute atomic E-state index is 12.1. The van der Waals surface area contributed by atoms with E-state index >= 15 is 0 Å². The first kappa shape index (κ1) is 24.0. The molecular formula is C29H36O3S. The SMILES string of the molecule is C=C(c1ccccc1)[C@@]12CC[C@H](OS(C)(=O)=O)C1CC(CCCCCC)=C2c1ccccc1. The van der Waals surface area contributed by atoms with E-state index in [-0.39, 0.29) is 17.4 Å². The van der Waals surface area contributed by atoms with E-state index in [1.54, 1.807) is 0 Å². The van der Waals surface area contributed by atoms with Crippen LogP contribution in [0.5, 0.6) is 0 Å². The van der Waals surface area contributed by atoms with Gasteiger partial charge in [0.05, 0.1) is 12.4 Å². The van der Waals surface area contributed by atoms with Gasteiger partial charge >= 0.3 is 0 Å². The van der Waals surface area contributed by atoms with E-state index in [0.717, 1.165) is 43.2 Å². The van der Waals surface area contributed by atoms with Gasteiger partial charge in [0.15, 0.2) is 0 Å². The van der Waals surface area contributed by atoms with Crippen molar-refractivity contribution in [1.29, 1.82) is 0 Å². The highest BCUT2D eigenvalue weighted by atomic mass is 32.2. The van der Waals surface area contributed by atoms with Crippen molar-refractivity contribution in [2.45, 2.75) is 64.4 Å². The molecule has 0 bridgehead atoms. The van der Waals surface area contributed by atoms with Gasteiger partial charge in [0, 0.05) is 11.3 Å². The van der Waals surface area contributed by atoms with Crippen molar-refractivity contribution >= 4 is 21.3 Å². The molecule has 0 saturated heterocycles. The molecule has 0 radical (unpaired) electrons. The third-order valence-electron chi connectivity index (χ3n) is 7.52. The predicted octanol–water partition coefficient (Wildman–Crippen LogP) is 7.27. The van der Waals surface area contributed by atoms with E-state index in [0.29, 0.717) is 0 Å². The molecule has 0 amide bonds. The van der Waals surface area contributed by atoms with E-state index in [2.05, 4.69) is 68.1 Å². The molecule has 2 aromatic rings. The molecule has 4 rings (SSSR count). The van der Waals surface area contributed by atoms with Gasteiger partial charge in [-0.2, -0.15) is 8.42 Å². The minimum Gasteiger partial charge on any atom is -0.267 e. The van der Waals surface area contributed by atoms with Crippen molar-refractivity contribution in [3.05, 3.63) is 83.9 Å². The second kappa shape index (κ2) is 9.99. The molecule has 0 aliphatic heterocycles. The third-order valence-corrected chi connectivity index (χ3v) is 8.12. The van der Waals surface area contributed by atoms with Crippen LogP contribution in [0.2, 0.25) is 0 Å². The fourth-order valence-electron chi connectivity index (χ4n) is 6.19. The van der Waals surface area contributed by atoms with Crippen LogP contribution >= 0.6 is 0 Å². The number of unbranched alkanes of at least 4 members (excludes halogenated alkanes) is 3. The van der Waals surface area contributed by atoms with Crippen LogP contribution in [-0.4, -0.2) is 20.8 Å². The Bertz CT molecular complexity index is 1100. The lowest BCUT2D eigenvalue weighted by molar-refractivity contribution is 0.152. The summed E-state index contributed by atoms with van der Waals surface area (Å²) in [5.74, 6) is 0.0799. The standard InChI is InChI=1S/C29H36O3S/c1-4-5-6-9-18-25-21-26-27(32-33(3,30)31)19-20-29(26,22(2)23-14-10-7-11-15-23)28(25)24-16-12-8-13-17-24/h7-8,10-17,26-27H,2,4-6,9,18-21H2,1,3H3/t26?,27-,29-/m0/s1. The predicted molar refractivity (Wildman–Crippen MR) is 137 cm³/mol. The van der Waals surface area contributed by atoms with Crippen LogP contribution in [0.3, 0.4) is 0 Å². The molecule has 33 heavy (non-hydrogen) atoms. The van der Waals surface area contributed by atoms with Gasteiger partial charge in [-0.3, -0.25) is 4.18 Å². The van der Waals surface area contributed by atoms with Gasteiger partial charge < -0.3 is 0 Å².